The maximum absolute atomic E-state index is 11.2. The molecule has 3 aromatic rings. The molecule has 1 heterocycles. The third-order valence-electron chi connectivity index (χ3n) is 3.22. The highest BCUT2D eigenvalue weighted by Crippen LogP contribution is 2.32. The van der Waals surface area contributed by atoms with Crippen LogP contribution in [0, 0.1) is 0 Å². The van der Waals surface area contributed by atoms with Gasteiger partial charge in [0, 0.05) is 0 Å². The molecule has 0 aliphatic rings. The number of H-pyrrole nitrogens is 1. The Labute approximate surface area is 129 Å². The average molecular weight is 348 g/mol. The van der Waals surface area contributed by atoms with E-state index in [4.69, 9.17) is 9.15 Å². The first kappa shape index (κ1) is 13.9. The van der Waals surface area contributed by atoms with E-state index in [1.807, 2.05) is 49.4 Å². The Morgan fingerprint density at radius 3 is 2.62 bits per heavy atom. The van der Waals surface area contributed by atoms with Gasteiger partial charge in [0.15, 0.2) is 5.58 Å². The van der Waals surface area contributed by atoms with Crippen molar-refractivity contribution < 1.29 is 9.15 Å². The number of benzene rings is 2. The smallest absolute Gasteiger partial charge is 0.417 e. The number of alkyl halides is 1. The number of aromatic nitrogens is 1. The first-order valence-electron chi connectivity index (χ1n) is 6.67. The van der Waals surface area contributed by atoms with Gasteiger partial charge in [-0.2, -0.15) is 0 Å². The predicted octanol–water partition coefficient (Wildman–Crippen LogP) is 4.00. The molecule has 0 aliphatic heterocycles. The zero-order valence-corrected chi connectivity index (χ0v) is 13.0. The number of oxazole rings is 1. The van der Waals surface area contributed by atoms with E-state index in [0.717, 1.165) is 16.9 Å². The Balaban J connectivity index is 1.91. The summed E-state index contributed by atoms with van der Waals surface area (Å²) < 4.78 is 10.5. The van der Waals surface area contributed by atoms with Crippen LogP contribution < -0.4 is 10.5 Å². The SMILES string of the molecule is CCOc1ccc(C(Br)c2ccc3[nH]c(=O)oc3c2)cc1. The number of fused-ring (bicyclic) bond motifs is 1. The minimum atomic E-state index is -0.436. The van der Waals surface area contributed by atoms with E-state index in [0.29, 0.717) is 17.7 Å². The topological polar surface area (TPSA) is 55.2 Å². The van der Waals surface area contributed by atoms with Crippen LogP contribution >= 0.6 is 15.9 Å². The van der Waals surface area contributed by atoms with Crippen molar-refractivity contribution in [3.05, 3.63) is 64.1 Å². The molecule has 1 atom stereocenters. The lowest BCUT2D eigenvalue weighted by Gasteiger charge is -2.11. The van der Waals surface area contributed by atoms with E-state index in [1.54, 1.807) is 0 Å². The van der Waals surface area contributed by atoms with Crippen LogP contribution in [0.3, 0.4) is 0 Å². The molecule has 1 aromatic heterocycles. The molecule has 3 rings (SSSR count). The van der Waals surface area contributed by atoms with Gasteiger partial charge < -0.3 is 9.15 Å². The van der Waals surface area contributed by atoms with E-state index < -0.39 is 5.76 Å². The minimum Gasteiger partial charge on any atom is -0.494 e. The van der Waals surface area contributed by atoms with Gasteiger partial charge in [0.05, 0.1) is 17.0 Å². The number of hydrogen-bond donors (Lipinski definition) is 1. The molecule has 1 N–H and O–H groups in total. The van der Waals surface area contributed by atoms with Crippen LogP contribution in [0.1, 0.15) is 22.9 Å². The summed E-state index contributed by atoms with van der Waals surface area (Å²) in [4.78, 5) is 13.8. The number of hydrogen-bond acceptors (Lipinski definition) is 3. The van der Waals surface area contributed by atoms with E-state index >= 15 is 0 Å². The third-order valence-corrected chi connectivity index (χ3v) is 4.28. The normalized spacial score (nSPS) is 12.5. The molecule has 4 nitrogen and oxygen atoms in total. The summed E-state index contributed by atoms with van der Waals surface area (Å²) >= 11 is 3.68. The van der Waals surface area contributed by atoms with Crippen LogP contribution in [-0.2, 0) is 0 Å². The Kier molecular flexibility index (Phi) is 3.84. The molecule has 0 aliphatic carbocycles. The van der Waals surface area contributed by atoms with Crippen LogP contribution in [0.4, 0.5) is 0 Å². The number of rotatable bonds is 4. The minimum absolute atomic E-state index is 0.0257. The lowest BCUT2D eigenvalue weighted by molar-refractivity contribution is 0.340. The van der Waals surface area contributed by atoms with Gasteiger partial charge in [-0.3, -0.25) is 4.98 Å². The fourth-order valence-electron chi connectivity index (χ4n) is 2.21. The molecular formula is C16H14BrNO3. The van der Waals surface area contributed by atoms with E-state index in [-0.39, 0.29) is 4.83 Å². The molecule has 0 saturated heterocycles. The molecule has 0 radical (unpaired) electrons. The highest BCUT2D eigenvalue weighted by Gasteiger charge is 2.12. The molecule has 0 fully saturated rings. The van der Waals surface area contributed by atoms with Crippen molar-refractivity contribution >= 4 is 27.0 Å². The second kappa shape index (κ2) is 5.77. The summed E-state index contributed by atoms with van der Waals surface area (Å²) in [6.45, 7) is 2.61. The van der Waals surface area contributed by atoms with Gasteiger partial charge in [0.2, 0.25) is 0 Å². The molecular weight excluding hydrogens is 334 g/mol. The van der Waals surface area contributed by atoms with Gasteiger partial charge in [0.25, 0.3) is 0 Å². The maximum atomic E-state index is 11.2. The van der Waals surface area contributed by atoms with Gasteiger partial charge in [-0.1, -0.05) is 34.1 Å². The molecule has 0 saturated carbocycles. The Bertz CT molecular complexity index is 804. The Morgan fingerprint density at radius 1 is 1.19 bits per heavy atom. The number of ether oxygens (including phenoxy) is 1. The van der Waals surface area contributed by atoms with Gasteiger partial charge >= 0.3 is 5.76 Å². The zero-order chi connectivity index (χ0) is 14.8. The monoisotopic (exact) mass is 347 g/mol. The maximum Gasteiger partial charge on any atom is 0.417 e. The molecule has 21 heavy (non-hydrogen) atoms. The van der Waals surface area contributed by atoms with Crippen LogP contribution in [0.2, 0.25) is 0 Å². The Hall–Kier alpha value is -2.01. The van der Waals surface area contributed by atoms with Crippen molar-refractivity contribution in [3.63, 3.8) is 0 Å². The van der Waals surface area contributed by atoms with Gasteiger partial charge in [-0.25, -0.2) is 4.79 Å². The number of halogens is 1. The van der Waals surface area contributed by atoms with Crippen molar-refractivity contribution in [2.24, 2.45) is 0 Å². The summed E-state index contributed by atoms with van der Waals surface area (Å²) in [5.41, 5.74) is 3.40. The standard InChI is InChI=1S/C16H14BrNO3/c1-2-20-12-6-3-10(4-7-12)15(17)11-5-8-13-14(9-11)21-16(19)18-13/h3-9,15H,2H2,1H3,(H,18,19). The summed E-state index contributed by atoms with van der Waals surface area (Å²) in [7, 11) is 0. The van der Waals surface area contributed by atoms with Crippen LogP contribution in [0.5, 0.6) is 5.75 Å². The molecule has 1 unspecified atom stereocenters. The first-order valence-corrected chi connectivity index (χ1v) is 7.58. The van der Waals surface area contributed by atoms with E-state index in [9.17, 15) is 4.79 Å². The van der Waals surface area contributed by atoms with Gasteiger partial charge in [-0.05, 0) is 42.3 Å². The molecule has 108 valence electrons. The Morgan fingerprint density at radius 2 is 1.90 bits per heavy atom. The third kappa shape index (κ3) is 2.88. The predicted molar refractivity (Wildman–Crippen MR) is 85.2 cm³/mol. The fourth-order valence-corrected chi connectivity index (χ4v) is 2.80. The van der Waals surface area contributed by atoms with Crippen molar-refractivity contribution in [3.8, 4) is 5.75 Å². The van der Waals surface area contributed by atoms with Crippen molar-refractivity contribution in [2.75, 3.05) is 6.61 Å². The summed E-state index contributed by atoms with van der Waals surface area (Å²) in [6, 6.07) is 13.6. The zero-order valence-electron chi connectivity index (χ0n) is 11.4. The molecule has 0 spiro atoms. The van der Waals surface area contributed by atoms with Crippen molar-refractivity contribution in [2.45, 2.75) is 11.8 Å². The molecule has 5 heteroatoms. The average Bonchev–Trinajstić information content (AvgIpc) is 2.86. The lowest BCUT2D eigenvalue weighted by Crippen LogP contribution is -1.94. The summed E-state index contributed by atoms with van der Waals surface area (Å²) in [5, 5.41) is 0. The lowest BCUT2D eigenvalue weighted by atomic mass is 10.0. The van der Waals surface area contributed by atoms with Gasteiger partial charge in [0.1, 0.15) is 5.75 Å². The number of aromatic amines is 1. The first-order chi connectivity index (χ1) is 10.2. The summed E-state index contributed by atoms with van der Waals surface area (Å²) in [5.74, 6) is 0.419. The van der Waals surface area contributed by atoms with Gasteiger partial charge in [-0.15, -0.1) is 0 Å². The second-order valence-corrected chi connectivity index (χ2v) is 5.55. The van der Waals surface area contributed by atoms with Crippen LogP contribution in [-0.4, -0.2) is 11.6 Å². The van der Waals surface area contributed by atoms with Crippen molar-refractivity contribution in [1.82, 2.24) is 4.98 Å². The quantitative estimate of drug-likeness (QED) is 0.725. The second-order valence-electron chi connectivity index (χ2n) is 4.63. The van der Waals surface area contributed by atoms with E-state index in [1.165, 1.54) is 0 Å². The van der Waals surface area contributed by atoms with E-state index in [2.05, 4.69) is 20.9 Å². The molecule has 0 bridgehead atoms. The highest BCUT2D eigenvalue weighted by molar-refractivity contribution is 9.09. The summed E-state index contributed by atoms with van der Waals surface area (Å²) in [6.07, 6.45) is 0. The van der Waals surface area contributed by atoms with Crippen LogP contribution in [0.25, 0.3) is 11.1 Å². The number of nitrogens with one attached hydrogen (secondary N) is 1. The molecule has 0 amide bonds. The van der Waals surface area contributed by atoms with Crippen molar-refractivity contribution in [1.29, 1.82) is 0 Å². The molecule has 2 aromatic carbocycles. The largest absolute Gasteiger partial charge is 0.494 e. The fraction of sp³-hybridized carbons (Fsp3) is 0.188. The van der Waals surface area contributed by atoms with Crippen LogP contribution in [0.15, 0.2) is 51.7 Å². The highest BCUT2D eigenvalue weighted by atomic mass is 79.9.